The van der Waals surface area contributed by atoms with Crippen LogP contribution in [0.25, 0.3) is 5.57 Å². The van der Waals surface area contributed by atoms with Gasteiger partial charge in [0.2, 0.25) is 0 Å². The maximum Gasteiger partial charge on any atom is 0.338 e. The first kappa shape index (κ1) is 11.7. The third-order valence-corrected chi connectivity index (χ3v) is 3.48. The Labute approximate surface area is 112 Å². The fourth-order valence-corrected chi connectivity index (χ4v) is 2.58. The van der Waals surface area contributed by atoms with E-state index in [0.717, 1.165) is 11.1 Å². The molecule has 0 N–H and O–H groups in total. The minimum absolute atomic E-state index is 0.131. The first-order chi connectivity index (χ1) is 9.31. The molecule has 0 radical (unpaired) electrons. The predicted octanol–water partition coefficient (Wildman–Crippen LogP) is 3.39. The summed E-state index contributed by atoms with van der Waals surface area (Å²) in [6.07, 6.45) is 1.99. The molecule has 19 heavy (non-hydrogen) atoms. The lowest BCUT2D eigenvalue weighted by Crippen LogP contribution is -2.02. The Bertz CT molecular complexity index is 641. The van der Waals surface area contributed by atoms with Gasteiger partial charge in [0, 0.05) is 5.92 Å². The van der Waals surface area contributed by atoms with Crippen LogP contribution in [0, 0.1) is 0 Å². The Morgan fingerprint density at radius 2 is 1.68 bits per heavy atom. The van der Waals surface area contributed by atoms with Crippen molar-refractivity contribution in [3.8, 4) is 0 Å². The van der Waals surface area contributed by atoms with Gasteiger partial charge in [-0.05, 0) is 16.7 Å². The Morgan fingerprint density at radius 1 is 1.00 bits per heavy atom. The fourth-order valence-electron chi connectivity index (χ4n) is 2.58. The van der Waals surface area contributed by atoms with Gasteiger partial charge < -0.3 is 4.74 Å². The van der Waals surface area contributed by atoms with Gasteiger partial charge in [0.25, 0.3) is 0 Å². The molecule has 3 rings (SSSR count). The van der Waals surface area contributed by atoms with E-state index in [9.17, 15) is 4.79 Å². The van der Waals surface area contributed by atoms with E-state index in [-0.39, 0.29) is 11.9 Å². The normalized spacial score (nSPS) is 16.7. The molecule has 0 spiro atoms. The molecular formula is C17H14O2. The van der Waals surface area contributed by atoms with Crippen molar-refractivity contribution in [2.24, 2.45) is 0 Å². The summed E-state index contributed by atoms with van der Waals surface area (Å²) >= 11 is 0. The zero-order valence-electron chi connectivity index (χ0n) is 10.7. The SMILES string of the molecule is COC(=O)C1=CC(c2ccccc2)c2ccccc21. The maximum atomic E-state index is 11.9. The minimum Gasteiger partial charge on any atom is -0.465 e. The fraction of sp³-hybridized carbons (Fsp3) is 0.118. The van der Waals surface area contributed by atoms with Crippen molar-refractivity contribution in [2.45, 2.75) is 5.92 Å². The van der Waals surface area contributed by atoms with Crippen LogP contribution < -0.4 is 0 Å². The number of carbonyl (C=O) groups is 1. The summed E-state index contributed by atoms with van der Waals surface area (Å²) in [6, 6.07) is 18.2. The number of fused-ring (bicyclic) bond motifs is 1. The van der Waals surface area contributed by atoms with Gasteiger partial charge in [-0.2, -0.15) is 0 Å². The molecule has 1 atom stereocenters. The summed E-state index contributed by atoms with van der Waals surface area (Å²) in [5.41, 5.74) is 3.98. The van der Waals surface area contributed by atoms with Gasteiger partial charge in [-0.1, -0.05) is 60.7 Å². The molecule has 0 aliphatic heterocycles. The molecule has 0 saturated heterocycles. The Balaban J connectivity index is 2.13. The van der Waals surface area contributed by atoms with Crippen molar-refractivity contribution in [2.75, 3.05) is 7.11 Å². The van der Waals surface area contributed by atoms with E-state index in [1.54, 1.807) is 0 Å². The van der Waals surface area contributed by atoms with Gasteiger partial charge in [0.1, 0.15) is 0 Å². The summed E-state index contributed by atoms with van der Waals surface area (Å²) < 4.78 is 4.87. The predicted molar refractivity (Wildman–Crippen MR) is 74.7 cm³/mol. The van der Waals surface area contributed by atoms with Crippen LogP contribution in [0.3, 0.4) is 0 Å². The standard InChI is InChI=1S/C17H14O2/c1-19-17(18)16-11-15(12-7-3-2-4-8-12)13-9-5-6-10-14(13)16/h2-11,15H,1H3. The molecule has 2 heteroatoms. The van der Waals surface area contributed by atoms with Gasteiger partial charge in [0.15, 0.2) is 0 Å². The zero-order chi connectivity index (χ0) is 13.2. The summed E-state index contributed by atoms with van der Waals surface area (Å²) in [4.78, 5) is 11.9. The van der Waals surface area contributed by atoms with Crippen LogP contribution >= 0.6 is 0 Å². The molecule has 0 saturated carbocycles. The zero-order valence-corrected chi connectivity index (χ0v) is 10.7. The van der Waals surface area contributed by atoms with Gasteiger partial charge >= 0.3 is 5.97 Å². The van der Waals surface area contributed by atoms with E-state index < -0.39 is 0 Å². The highest BCUT2D eigenvalue weighted by molar-refractivity contribution is 6.18. The number of esters is 1. The lowest BCUT2D eigenvalue weighted by molar-refractivity contribution is -0.133. The second-order valence-corrected chi connectivity index (χ2v) is 4.55. The van der Waals surface area contributed by atoms with Crippen molar-refractivity contribution >= 4 is 11.5 Å². The van der Waals surface area contributed by atoms with Gasteiger partial charge in [-0.3, -0.25) is 0 Å². The second kappa shape index (κ2) is 4.73. The number of hydrogen-bond acceptors (Lipinski definition) is 2. The molecule has 2 nitrogen and oxygen atoms in total. The lowest BCUT2D eigenvalue weighted by Gasteiger charge is -2.10. The Kier molecular flexibility index (Phi) is 2.92. The monoisotopic (exact) mass is 250 g/mol. The largest absolute Gasteiger partial charge is 0.465 e. The third kappa shape index (κ3) is 1.95. The smallest absolute Gasteiger partial charge is 0.338 e. The summed E-state index contributed by atoms with van der Waals surface area (Å²) in [5, 5.41) is 0. The van der Waals surface area contributed by atoms with Crippen LogP contribution in [-0.2, 0) is 9.53 Å². The van der Waals surface area contributed by atoms with Crippen molar-refractivity contribution in [3.05, 3.63) is 77.4 Å². The van der Waals surface area contributed by atoms with E-state index in [2.05, 4.69) is 18.2 Å². The molecule has 2 aromatic carbocycles. The quantitative estimate of drug-likeness (QED) is 0.764. The molecule has 0 aromatic heterocycles. The maximum absolute atomic E-state index is 11.9. The van der Waals surface area contributed by atoms with Crippen LogP contribution in [0.2, 0.25) is 0 Å². The molecule has 1 aliphatic rings. The summed E-state index contributed by atoms with van der Waals surface area (Å²) in [5.74, 6) is -0.141. The van der Waals surface area contributed by atoms with E-state index in [1.807, 2.05) is 42.5 Å². The van der Waals surface area contributed by atoms with Crippen molar-refractivity contribution < 1.29 is 9.53 Å². The van der Waals surface area contributed by atoms with Crippen LogP contribution in [0.1, 0.15) is 22.6 Å². The Morgan fingerprint density at radius 3 is 2.42 bits per heavy atom. The van der Waals surface area contributed by atoms with E-state index in [4.69, 9.17) is 4.74 Å². The number of carbonyl (C=O) groups excluding carboxylic acids is 1. The average Bonchev–Trinajstić information content (AvgIpc) is 2.87. The molecule has 0 amide bonds. The molecule has 0 heterocycles. The van der Waals surface area contributed by atoms with Crippen molar-refractivity contribution in [1.29, 1.82) is 0 Å². The van der Waals surface area contributed by atoms with Gasteiger partial charge in [-0.15, -0.1) is 0 Å². The minimum atomic E-state index is -0.272. The molecular weight excluding hydrogens is 236 g/mol. The second-order valence-electron chi connectivity index (χ2n) is 4.55. The average molecular weight is 250 g/mol. The first-order valence-electron chi connectivity index (χ1n) is 6.25. The summed E-state index contributed by atoms with van der Waals surface area (Å²) in [7, 11) is 1.42. The number of rotatable bonds is 2. The number of ether oxygens (including phenoxy) is 1. The van der Waals surface area contributed by atoms with E-state index >= 15 is 0 Å². The van der Waals surface area contributed by atoms with Crippen molar-refractivity contribution in [3.63, 3.8) is 0 Å². The Hall–Kier alpha value is -2.35. The van der Waals surface area contributed by atoms with E-state index in [0.29, 0.717) is 5.57 Å². The van der Waals surface area contributed by atoms with Crippen molar-refractivity contribution in [1.82, 2.24) is 0 Å². The van der Waals surface area contributed by atoms with Crippen LogP contribution in [0.15, 0.2) is 60.7 Å². The van der Waals surface area contributed by atoms with Gasteiger partial charge in [-0.25, -0.2) is 4.79 Å². The van der Waals surface area contributed by atoms with Crippen LogP contribution in [-0.4, -0.2) is 13.1 Å². The number of benzene rings is 2. The van der Waals surface area contributed by atoms with E-state index in [1.165, 1.54) is 12.7 Å². The summed E-state index contributed by atoms with van der Waals surface area (Å²) in [6.45, 7) is 0. The highest BCUT2D eigenvalue weighted by Crippen LogP contribution is 2.40. The number of allylic oxidation sites excluding steroid dienone is 1. The topological polar surface area (TPSA) is 26.3 Å². The third-order valence-electron chi connectivity index (χ3n) is 3.48. The molecule has 2 aromatic rings. The first-order valence-corrected chi connectivity index (χ1v) is 6.25. The lowest BCUT2D eigenvalue weighted by atomic mass is 9.93. The molecule has 0 bridgehead atoms. The molecule has 0 fully saturated rings. The highest BCUT2D eigenvalue weighted by Gasteiger charge is 2.28. The van der Waals surface area contributed by atoms with Gasteiger partial charge in [0.05, 0.1) is 12.7 Å². The molecule has 94 valence electrons. The number of hydrogen-bond donors (Lipinski definition) is 0. The molecule has 1 aliphatic carbocycles. The molecule has 1 unspecified atom stereocenters. The van der Waals surface area contributed by atoms with Crippen LogP contribution in [0.5, 0.6) is 0 Å². The highest BCUT2D eigenvalue weighted by atomic mass is 16.5. The number of methoxy groups -OCH3 is 1. The van der Waals surface area contributed by atoms with Crippen LogP contribution in [0.4, 0.5) is 0 Å².